The second-order valence-electron chi connectivity index (χ2n) is 5.25. The maximum Gasteiger partial charge on any atom is 0.169 e. The van der Waals surface area contributed by atoms with E-state index in [1.165, 1.54) is 0 Å². The second kappa shape index (κ2) is 7.93. The fourth-order valence-electron chi connectivity index (χ4n) is 2.38. The topological polar surface area (TPSA) is 30.0 Å². The summed E-state index contributed by atoms with van der Waals surface area (Å²) in [6.45, 7) is 0. The van der Waals surface area contributed by atoms with Gasteiger partial charge in [-0.1, -0.05) is 69.6 Å². The first-order valence-corrected chi connectivity index (χ1v) is 9.34. The Bertz CT molecular complexity index is 988. The van der Waals surface area contributed by atoms with E-state index in [4.69, 9.17) is 69.6 Å². The number of benzene rings is 2. The van der Waals surface area contributed by atoms with Crippen LogP contribution in [0.4, 0.5) is 0 Å². The molecule has 0 saturated carbocycles. The molecule has 3 rings (SSSR count). The smallest absolute Gasteiger partial charge is 0.169 e. The Kier molecular flexibility index (Phi) is 6.03. The van der Waals surface area contributed by atoms with Crippen LogP contribution in [0.25, 0.3) is 22.4 Å². The number of aromatic nitrogens is 1. The summed E-state index contributed by atoms with van der Waals surface area (Å²) in [5.41, 5.74) is 2.54. The summed E-state index contributed by atoms with van der Waals surface area (Å²) in [5, 5.41) is 1.67. The Morgan fingerprint density at radius 3 is 1.62 bits per heavy atom. The number of rotatable bonds is 3. The van der Waals surface area contributed by atoms with Gasteiger partial charge in [0.2, 0.25) is 0 Å². The summed E-state index contributed by atoms with van der Waals surface area (Å²) < 4.78 is 0. The molecule has 1 aromatic heterocycles. The van der Waals surface area contributed by atoms with Gasteiger partial charge in [-0.15, -0.1) is 0 Å². The van der Waals surface area contributed by atoms with Crippen molar-refractivity contribution in [3.05, 3.63) is 72.2 Å². The van der Waals surface area contributed by atoms with Crippen molar-refractivity contribution >= 4 is 75.9 Å². The molecule has 0 saturated heterocycles. The van der Waals surface area contributed by atoms with E-state index >= 15 is 0 Å². The molecule has 2 nitrogen and oxygen atoms in total. The average Bonchev–Trinajstić information content (AvgIpc) is 2.62. The summed E-state index contributed by atoms with van der Waals surface area (Å²) in [6, 6.07) is 9.96. The minimum atomic E-state index is 0.208. The molecule has 0 N–H and O–H groups in total. The van der Waals surface area contributed by atoms with Gasteiger partial charge >= 0.3 is 0 Å². The number of carbonyl (C=O) groups excluding carboxylic acids is 1. The molecule has 0 aliphatic heterocycles. The number of nitrogens with zero attached hydrogens (tertiary/aromatic N) is 1. The zero-order chi connectivity index (χ0) is 19.0. The lowest BCUT2D eigenvalue weighted by Gasteiger charge is -2.10. The Morgan fingerprint density at radius 2 is 1.15 bits per heavy atom. The van der Waals surface area contributed by atoms with Gasteiger partial charge in [0.05, 0.1) is 35.8 Å². The largest absolute Gasteiger partial charge is 0.296 e. The average molecular weight is 466 g/mol. The van der Waals surface area contributed by atoms with Crippen LogP contribution in [0.2, 0.25) is 30.1 Å². The van der Waals surface area contributed by atoms with E-state index in [-0.39, 0.29) is 25.8 Å². The first kappa shape index (κ1) is 19.8. The predicted molar refractivity (Wildman–Crippen MR) is 111 cm³/mol. The Morgan fingerprint density at radius 1 is 0.692 bits per heavy atom. The van der Waals surface area contributed by atoms with Gasteiger partial charge in [-0.3, -0.25) is 4.79 Å². The monoisotopic (exact) mass is 463 g/mol. The molecule has 0 unspecified atom stereocenters. The van der Waals surface area contributed by atoms with Crippen molar-refractivity contribution in [2.45, 2.75) is 0 Å². The molecule has 0 radical (unpaired) electrons. The van der Waals surface area contributed by atoms with Gasteiger partial charge in [-0.05, 0) is 42.0 Å². The van der Waals surface area contributed by atoms with E-state index < -0.39 is 0 Å². The van der Waals surface area contributed by atoms with E-state index in [1.807, 2.05) is 0 Å². The quantitative estimate of drug-likeness (QED) is 0.288. The maximum absolute atomic E-state index is 11.6. The number of hydrogen-bond donors (Lipinski definition) is 0. The fraction of sp³-hybridized carbons (Fsp3) is 0. The van der Waals surface area contributed by atoms with Gasteiger partial charge in [0.1, 0.15) is 5.69 Å². The van der Waals surface area contributed by atoms with Gasteiger partial charge in [0.15, 0.2) is 6.29 Å². The van der Waals surface area contributed by atoms with Crippen LogP contribution in [-0.2, 0) is 0 Å². The highest BCUT2D eigenvalue weighted by atomic mass is 35.5. The number of pyridine rings is 1. The van der Waals surface area contributed by atoms with Crippen LogP contribution in [0, 0.1) is 0 Å². The molecular weight excluding hydrogens is 459 g/mol. The molecule has 8 heteroatoms. The Balaban J connectivity index is 2.14. The Labute approximate surface area is 179 Å². The highest BCUT2D eigenvalue weighted by Crippen LogP contribution is 2.37. The molecule has 26 heavy (non-hydrogen) atoms. The molecule has 132 valence electrons. The van der Waals surface area contributed by atoms with Crippen LogP contribution < -0.4 is 0 Å². The van der Waals surface area contributed by atoms with E-state index in [0.29, 0.717) is 38.7 Å². The molecule has 1 heterocycles. The summed E-state index contributed by atoms with van der Waals surface area (Å²) in [6.07, 6.45) is 0.647. The molecule has 3 aromatic rings. The standard InChI is InChI=1S/C18H7Cl6NO/c19-11-3-8(4-12(20)17(11)23)10-1-2-15(25-16(10)7-26)9-5-13(21)18(24)14(22)6-9/h1-7H. The number of aldehydes is 1. The van der Waals surface area contributed by atoms with Crippen molar-refractivity contribution in [3.8, 4) is 22.4 Å². The number of hydrogen-bond acceptors (Lipinski definition) is 2. The van der Waals surface area contributed by atoms with Crippen molar-refractivity contribution < 1.29 is 4.79 Å². The second-order valence-corrected chi connectivity index (χ2v) is 7.64. The number of halogens is 6. The van der Waals surface area contributed by atoms with E-state index in [1.54, 1.807) is 36.4 Å². The van der Waals surface area contributed by atoms with Gasteiger partial charge in [0.25, 0.3) is 0 Å². The molecule has 0 bridgehead atoms. The lowest BCUT2D eigenvalue weighted by Crippen LogP contribution is -1.95. The van der Waals surface area contributed by atoms with Crippen LogP contribution in [0.1, 0.15) is 10.5 Å². The van der Waals surface area contributed by atoms with Crippen molar-refractivity contribution in [1.29, 1.82) is 0 Å². The molecule has 0 fully saturated rings. The van der Waals surface area contributed by atoms with E-state index in [0.717, 1.165) is 0 Å². The fourth-order valence-corrected chi connectivity index (χ4v) is 3.58. The van der Waals surface area contributed by atoms with Gasteiger partial charge < -0.3 is 0 Å². The van der Waals surface area contributed by atoms with Crippen molar-refractivity contribution in [2.24, 2.45) is 0 Å². The Hall–Kier alpha value is -1.000. The minimum absolute atomic E-state index is 0.208. The third kappa shape index (κ3) is 3.82. The van der Waals surface area contributed by atoms with E-state index in [9.17, 15) is 4.79 Å². The van der Waals surface area contributed by atoms with Crippen LogP contribution in [0.5, 0.6) is 0 Å². The maximum atomic E-state index is 11.6. The van der Waals surface area contributed by atoms with Crippen molar-refractivity contribution in [1.82, 2.24) is 4.98 Å². The zero-order valence-corrected chi connectivity index (χ0v) is 17.2. The summed E-state index contributed by atoms with van der Waals surface area (Å²) in [5.74, 6) is 0. The van der Waals surface area contributed by atoms with Gasteiger partial charge in [0, 0.05) is 11.1 Å². The van der Waals surface area contributed by atoms with E-state index in [2.05, 4.69) is 4.98 Å². The van der Waals surface area contributed by atoms with Crippen molar-refractivity contribution in [3.63, 3.8) is 0 Å². The third-order valence-corrected chi connectivity index (χ3v) is 6.00. The van der Waals surface area contributed by atoms with Gasteiger partial charge in [-0.25, -0.2) is 4.98 Å². The molecule has 2 aromatic carbocycles. The predicted octanol–water partition coefficient (Wildman–Crippen LogP) is 8.15. The van der Waals surface area contributed by atoms with Crippen LogP contribution in [-0.4, -0.2) is 11.3 Å². The van der Waals surface area contributed by atoms with Crippen LogP contribution in [0.15, 0.2) is 36.4 Å². The lowest BCUT2D eigenvalue weighted by molar-refractivity contribution is 0.112. The molecule has 0 spiro atoms. The third-order valence-electron chi connectivity index (χ3n) is 3.61. The SMILES string of the molecule is O=Cc1nc(-c2cc(Cl)c(Cl)c(Cl)c2)ccc1-c1cc(Cl)c(Cl)c(Cl)c1. The van der Waals surface area contributed by atoms with Crippen LogP contribution in [0.3, 0.4) is 0 Å². The summed E-state index contributed by atoms with van der Waals surface area (Å²) in [4.78, 5) is 16.0. The normalized spacial score (nSPS) is 10.8. The van der Waals surface area contributed by atoms with Crippen LogP contribution >= 0.6 is 69.6 Å². The lowest BCUT2D eigenvalue weighted by atomic mass is 10.0. The molecule has 0 atom stereocenters. The summed E-state index contributed by atoms with van der Waals surface area (Å²) in [7, 11) is 0. The highest BCUT2D eigenvalue weighted by molar-refractivity contribution is 6.49. The molecular formula is C18H7Cl6NO. The highest BCUT2D eigenvalue weighted by Gasteiger charge is 2.14. The molecule has 0 amide bonds. The number of carbonyl (C=O) groups is 1. The first-order valence-electron chi connectivity index (χ1n) is 7.08. The minimum Gasteiger partial charge on any atom is -0.296 e. The summed E-state index contributed by atoms with van der Waals surface area (Å²) >= 11 is 36.2. The molecule has 0 aliphatic rings. The first-order chi connectivity index (χ1) is 12.3. The zero-order valence-electron chi connectivity index (χ0n) is 12.7. The molecule has 0 aliphatic carbocycles. The van der Waals surface area contributed by atoms with Gasteiger partial charge in [-0.2, -0.15) is 0 Å². The van der Waals surface area contributed by atoms with Crippen molar-refractivity contribution in [2.75, 3.05) is 0 Å².